The molecule has 1 aliphatic heterocycles. The summed E-state index contributed by atoms with van der Waals surface area (Å²) in [7, 11) is 0.0292. The van der Waals surface area contributed by atoms with Gasteiger partial charge in [0.1, 0.15) is 17.8 Å². The molecule has 2 N–H and O–H groups in total. The topological polar surface area (TPSA) is 106 Å². The minimum atomic E-state index is -4.48. The molecule has 220 valence electrons. The highest BCUT2D eigenvalue weighted by atomic mass is 32.2. The molecular formula is C28H32F3N5O4S. The zero-order valence-corrected chi connectivity index (χ0v) is 23.8. The van der Waals surface area contributed by atoms with E-state index in [0.29, 0.717) is 17.0 Å². The Morgan fingerprint density at radius 2 is 1.98 bits per heavy atom. The Balaban J connectivity index is 1.62. The molecule has 2 aromatic carbocycles. The second-order valence-electron chi connectivity index (χ2n) is 10.1. The van der Waals surface area contributed by atoms with Crippen LogP contribution in [0.1, 0.15) is 35.2 Å². The number of sulfone groups is 1. The number of anilines is 1. The Kier molecular flexibility index (Phi) is 9.14. The molecule has 41 heavy (non-hydrogen) atoms. The Morgan fingerprint density at radius 3 is 2.68 bits per heavy atom. The van der Waals surface area contributed by atoms with E-state index in [1.807, 2.05) is 7.05 Å². The van der Waals surface area contributed by atoms with E-state index in [4.69, 9.17) is 4.74 Å². The van der Waals surface area contributed by atoms with Crippen molar-refractivity contribution < 1.29 is 31.1 Å². The summed E-state index contributed by atoms with van der Waals surface area (Å²) >= 11 is 0. The molecule has 1 aliphatic rings. The Morgan fingerprint density at radius 1 is 1.20 bits per heavy atom. The molecule has 2 heterocycles. The number of nitrogens with zero attached hydrogens (tertiary/aromatic N) is 3. The molecule has 0 unspecified atom stereocenters. The van der Waals surface area contributed by atoms with Crippen molar-refractivity contribution in [3.8, 4) is 17.6 Å². The number of nitrogens with one attached hydrogen (secondary N) is 2. The van der Waals surface area contributed by atoms with E-state index in [-0.39, 0.29) is 34.1 Å². The SMILES string of the molecule is COc1ccc(S(C)(=O)=O)cc1NCC#Cc1cc(C(=O)N[C@@H]2CCCN(C)CC2)c2ncn(CC(F)(F)F)c2c1. The summed E-state index contributed by atoms with van der Waals surface area (Å²) in [4.78, 5) is 19.8. The van der Waals surface area contributed by atoms with Crippen LogP contribution >= 0.6 is 0 Å². The van der Waals surface area contributed by atoms with Crippen LogP contribution in [0.5, 0.6) is 5.75 Å². The number of carbonyl (C=O) groups is 1. The van der Waals surface area contributed by atoms with Gasteiger partial charge in [0.05, 0.1) is 41.6 Å². The number of amides is 1. The molecule has 9 nitrogen and oxygen atoms in total. The third-order valence-corrected chi connectivity index (χ3v) is 7.92. The molecule has 1 saturated heterocycles. The smallest absolute Gasteiger partial charge is 0.406 e. The molecule has 3 aromatic rings. The van der Waals surface area contributed by atoms with Crippen molar-refractivity contribution in [3.05, 3.63) is 47.8 Å². The Labute approximate surface area is 237 Å². The van der Waals surface area contributed by atoms with Crippen LogP contribution in [0.15, 0.2) is 41.6 Å². The highest BCUT2D eigenvalue weighted by Gasteiger charge is 2.29. The predicted octanol–water partition coefficient (Wildman–Crippen LogP) is 3.69. The minimum absolute atomic E-state index is 0.0589. The third kappa shape index (κ3) is 7.92. The van der Waals surface area contributed by atoms with E-state index in [1.165, 1.54) is 37.4 Å². The lowest BCUT2D eigenvalue weighted by Gasteiger charge is -2.17. The largest absolute Gasteiger partial charge is 0.495 e. The number of halogens is 3. The van der Waals surface area contributed by atoms with Gasteiger partial charge < -0.3 is 24.8 Å². The number of aromatic nitrogens is 2. The van der Waals surface area contributed by atoms with Gasteiger partial charge in [-0.1, -0.05) is 11.8 Å². The van der Waals surface area contributed by atoms with Gasteiger partial charge in [-0.05, 0) is 69.7 Å². The maximum Gasteiger partial charge on any atom is 0.406 e. The molecule has 1 aromatic heterocycles. The lowest BCUT2D eigenvalue weighted by molar-refractivity contribution is -0.139. The van der Waals surface area contributed by atoms with Crippen LogP contribution in [0.25, 0.3) is 11.0 Å². The number of hydrogen-bond donors (Lipinski definition) is 2. The number of rotatable bonds is 7. The number of alkyl halides is 3. The normalized spacial score (nSPS) is 16.5. The first kappa shape index (κ1) is 30.2. The van der Waals surface area contributed by atoms with Crippen LogP contribution in [-0.2, 0) is 16.4 Å². The van der Waals surface area contributed by atoms with Gasteiger partial charge in [-0.25, -0.2) is 13.4 Å². The first-order valence-corrected chi connectivity index (χ1v) is 14.9. The van der Waals surface area contributed by atoms with E-state index in [1.54, 1.807) is 0 Å². The van der Waals surface area contributed by atoms with Gasteiger partial charge in [-0.15, -0.1) is 0 Å². The van der Waals surface area contributed by atoms with Gasteiger partial charge in [-0.2, -0.15) is 13.2 Å². The van der Waals surface area contributed by atoms with Crippen LogP contribution in [0, 0.1) is 11.8 Å². The fourth-order valence-corrected chi connectivity index (χ4v) is 5.36. The molecule has 0 bridgehead atoms. The molecule has 4 rings (SSSR count). The van der Waals surface area contributed by atoms with Crippen LogP contribution in [-0.4, -0.2) is 81.0 Å². The Bertz CT molecular complexity index is 1590. The zero-order valence-electron chi connectivity index (χ0n) is 23.0. The highest BCUT2D eigenvalue weighted by molar-refractivity contribution is 7.90. The third-order valence-electron chi connectivity index (χ3n) is 6.81. The summed E-state index contributed by atoms with van der Waals surface area (Å²) in [6.45, 7) is 0.577. The van der Waals surface area contributed by atoms with Gasteiger partial charge in [0.2, 0.25) is 0 Å². The first-order chi connectivity index (χ1) is 19.3. The maximum atomic E-state index is 13.3. The van der Waals surface area contributed by atoms with E-state index in [0.717, 1.165) is 49.5 Å². The van der Waals surface area contributed by atoms with Crippen LogP contribution in [0.2, 0.25) is 0 Å². The molecule has 0 aliphatic carbocycles. The molecule has 0 radical (unpaired) electrons. The first-order valence-electron chi connectivity index (χ1n) is 13.0. The molecular weight excluding hydrogens is 559 g/mol. The number of carbonyl (C=O) groups excluding carboxylic acids is 1. The summed E-state index contributed by atoms with van der Waals surface area (Å²) in [6.07, 6.45) is 0.191. The van der Waals surface area contributed by atoms with Crippen molar-refractivity contribution in [2.45, 2.75) is 42.9 Å². The molecule has 1 fully saturated rings. The predicted molar refractivity (Wildman–Crippen MR) is 150 cm³/mol. The number of likely N-dealkylation sites (tertiary alicyclic amines) is 1. The van der Waals surface area contributed by atoms with E-state index < -0.39 is 28.5 Å². The summed E-state index contributed by atoms with van der Waals surface area (Å²) < 4.78 is 69.8. The second kappa shape index (κ2) is 12.4. The van der Waals surface area contributed by atoms with Gasteiger partial charge in [0.15, 0.2) is 9.84 Å². The van der Waals surface area contributed by atoms with Gasteiger partial charge in [0, 0.05) is 17.9 Å². The fourth-order valence-electron chi connectivity index (χ4n) is 4.72. The average molecular weight is 592 g/mol. The molecule has 1 atom stereocenters. The number of imidazole rings is 1. The minimum Gasteiger partial charge on any atom is -0.495 e. The lowest BCUT2D eigenvalue weighted by atomic mass is 10.1. The lowest BCUT2D eigenvalue weighted by Crippen LogP contribution is -2.35. The number of ether oxygens (including phenoxy) is 1. The zero-order chi connectivity index (χ0) is 29.8. The van der Waals surface area contributed by atoms with Crippen LogP contribution in [0.3, 0.4) is 0 Å². The van der Waals surface area contributed by atoms with Crippen molar-refractivity contribution in [1.82, 2.24) is 19.8 Å². The van der Waals surface area contributed by atoms with E-state index in [9.17, 15) is 26.4 Å². The van der Waals surface area contributed by atoms with E-state index >= 15 is 0 Å². The van der Waals surface area contributed by atoms with Crippen molar-refractivity contribution >= 4 is 32.5 Å². The van der Waals surface area contributed by atoms with Gasteiger partial charge >= 0.3 is 6.18 Å². The summed E-state index contributed by atoms with van der Waals surface area (Å²) in [6, 6.07) is 7.35. The quantitative estimate of drug-likeness (QED) is 0.404. The number of methoxy groups -OCH3 is 1. The molecule has 13 heteroatoms. The summed E-state index contributed by atoms with van der Waals surface area (Å²) in [5.74, 6) is 5.80. The van der Waals surface area contributed by atoms with Gasteiger partial charge in [-0.3, -0.25) is 4.79 Å². The van der Waals surface area contributed by atoms with Crippen molar-refractivity contribution in [2.75, 3.05) is 45.4 Å². The van der Waals surface area contributed by atoms with Crippen LogP contribution in [0.4, 0.5) is 18.9 Å². The molecule has 0 spiro atoms. The summed E-state index contributed by atoms with van der Waals surface area (Å²) in [5, 5.41) is 6.04. The monoisotopic (exact) mass is 591 g/mol. The van der Waals surface area contributed by atoms with Gasteiger partial charge in [0.25, 0.3) is 5.91 Å². The fraction of sp³-hybridized carbons (Fsp3) is 0.429. The number of fused-ring (bicyclic) bond motifs is 1. The van der Waals surface area contributed by atoms with E-state index in [2.05, 4.69) is 32.4 Å². The number of hydrogen-bond acceptors (Lipinski definition) is 7. The maximum absolute atomic E-state index is 13.3. The molecule has 1 amide bonds. The standard InChI is InChI=1S/C28H32F3N5O4S/c1-35-12-5-7-20(10-13-35)34-27(37)22-14-19(15-24-26(22)33-18-36(24)17-28(29,30)31)6-4-11-32-23-16-21(41(3,38)39)8-9-25(23)40-2/h8-9,14-16,18,20,32H,5,7,10-13,17H2,1-3H3,(H,34,37)/t20-/m1/s1. The highest BCUT2D eigenvalue weighted by Crippen LogP contribution is 2.28. The summed E-state index contributed by atoms with van der Waals surface area (Å²) in [5.41, 5.74) is 1.23. The molecule has 0 saturated carbocycles. The van der Waals surface area contributed by atoms with Crippen molar-refractivity contribution in [3.63, 3.8) is 0 Å². The number of benzene rings is 2. The van der Waals surface area contributed by atoms with Crippen LogP contribution < -0.4 is 15.4 Å². The average Bonchev–Trinajstić information content (AvgIpc) is 3.17. The second-order valence-corrected chi connectivity index (χ2v) is 12.1. The van der Waals surface area contributed by atoms with Crippen molar-refractivity contribution in [1.29, 1.82) is 0 Å². The van der Waals surface area contributed by atoms with Crippen molar-refractivity contribution in [2.24, 2.45) is 0 Å². The Hall–Kier alpha value is -3.76.